The van der Waals surface area contributed by atoms with Crippen molar-refractivity contribution in [3.05, 3.63) is 59.1 Å². The third kappa shape index (κ3) is 5.87. The first-order chi connectivity index (χ1) is 11.6. The number of para-hydroxylation sites is 1. The standard InChI is InChI=1S/C19H23ClN2O2/c1-2-11-22(14-15-6-3-4-9-18(15)23)12-10-19(24)21-17-8-5-7-16(20)13-17/h3-9,13,23H,2,10-12,14H2,1H3,(H,21,24). The second kappa shape index (κ2) is 9.30. The van der Waals surface area contributed by atoms with Crippen molar-refractivity contribution in [2.45, 2.75) is 26.3 Å². The second-order valence-electron chi connectivity index (χ2n) is 5.71. The molecule has 5 heteroatoms. The molecule has 0 heterocycles. The van der Waals surface area contributed by atoms with Crippen molar-refractivity contribution in [3.63, 3.8) is 0 Å². The zero-order valence-electron chi connectivity index (χ0n) is 13.8. The van der Waals surface area contributed by atoms with E-state index < -0.39 is 0 Å². The highest BCUT2D eigenvalue weighted by molar-refractivity contribution is 6.30. The minimum Gasteiger partial charge on any atom is -0.508 e. The van der Waals surface area contributed by atoms with Gasteiger partial charge in [0.05, 0.1) is 0 Å². The van der Waals surface area contributed by atoms with Crippen LogP contribution in [0, 0.1) is 0 Å². The van der Waals surface area contributed by atoms with Gasteiger partial charge in [0.2, 0.25) is 5.91 Å². The molecule has 1 amide bonds. The molecular formula is C19H23ClN2O2. The average Bonchev–Trinajstić information content (AvgIpc) is 2.55. The van der Waals surface area contributed by atoms with Gasteiger partial charge in [-0.25, -0.2) is 0 Å². The van der Waals surface area contributed by atoms with E-state index in [0.29, 0.717) is 36.0 Å². The Hall–Kier alpha value is -2.04. The SMILES string of the molecule is CCCN(CCC(=O)Nc1cccc(Cl)c1)Cc1ccccc1O. The number of hydrogen-bond donors (Lipinski definition) is 2. The molecule has 0 aliphatic heterocycles. The third-order valence-corrected chi connectivity index (χ3v) is 3.92. The van der Waals surface area contributed by atoms with Crippen molar-refractivity contribution in [2.24, 2.45) is 0 Å². The number of nitrogens with one attached hydrogen (secondary N) is 1. The van der Waals surface area contributed by atoms with Crippen LogP contribution in [0.5, 0.6) is 5.75 Å². The number of amides is 1. The Bertz CT molecular complexity index is 676. The molecule has 0 bridgehead atoms. The average molecular weight is 347 g/mol. The molecule has 0 unspecified atom stereocenters. The Morgan fingerprint density at radius 3 is 2.67 bits per heavy atom. The number of phenolic OH excluding ortho intramolecular Hbond substituents is 1. The molecule has 0 aromatic heterocycles. The van der Waals surface area contributed by atoms with Crippen molar-refractivity contribution in [3.8, 4) is 5.75 Å². The van der Waals surface area contributed by atoms with Crippen molar-refractivity contribution in [1.29, 1.82) is 0 Å². The molecule has 2 N–H and O–H groups in total. The maximum absolute atomic E-state index is 12.1. The largest absolute Gasteiger partial charge is 0.508 e. The summed E-state index contributed by atoms with van der Waals surface area (Å²) in [6.07, 6.45) is 1.38. The molecule has 2 rings (SSSR count). The van der Waals surface area contributed by atoms with Gasteiger partial charge in [0.25, 0.3) is 0 Å². The van der Waals surface area contributed by atoms with E-state index in [-0.39, 0.29) is 5.91 Å². The number of carbonyl (C=O) groups excluding carboxylic acids is 1. The van der Waals surface area contributed by atoms with Crippen LogP contribution in [-0.2, 0) is 11.3 Å². The summed E-state index contributed by atoms with van der Waals surface area (Å²) in [5.74, 6) is 0.248. The van der Waals surface area contributed by atoms with Crippen molar-refractivity contribution in [1.82, 2.24) is 4.90 Å². The minimum absolute atomic E-state index is 0.0457. The van der Waals surface area contributed by atoms with Gasteiger partial charge in [0.15, 0.2) is 0 Å². The number of anilines is 1. The van der Waals surface area contributed by atoms with Crippen LogP contribution in [0.4, 0.5) is 5.69 Å². The van der Waals surface area contributed by atoms with Gasteiger partial charge in [-0.1, -0.05) is 42.8 Å². The zero-order chi connectivity index (χ0) is 17.4. The first kappa shape index (κ1) is 18.3. The van der Waals surface area contributed by atoms with Crippen molar-refractivity contribution in [2.75, 3.05) is 18.4 Å². The Kier molecular flexibility index (Phi) is 7.09. The number of hydrogen-bond acceptors (Lipinski definition) is 3. The molecule has 0 aliphatic rings. The molecule has 2 aromatic carbocycles. The lowest BCUT2D eigenvalue weighted by Crippen LogP contribution is -2.28. The number of nitrogens with zero attached hydrogens (tertiary/aromatic N) is 1. The van der Waals surface area contributed by atoms with Gasteiger partial charge in [-0.3, -0.25) is 9.69 Å². The van der Waals surface area contributed by atoms with Crippen LogP contribution in [0.15, 0.2) is 48.5 Å². The van der Waals surface area contributed by atoms with Crippen molar-refractivity contribution >= 4 is 23.2 Å². The summed E-state index contributed by atoms with van der Waals surface area (Å²) >= 11 is 5.92. The molecule has 4 nitrogen and oxygen atoms in total. The maximum atomic E-state index is 12.1. The van der Waals surface area contributed by atoms with Crippen LogP contribution in [0.3, 0.4) is 0 Å². The lowest BCUT2D eigenvalue weighted by atomic mass is 10.2. The monoisotopic (exact) mass is 346 g/mol. The molecule has 2 aromatic rings. The van der Waals surface area contributed by atoms with E-state index >= 15 is 0 Å². The van der Waals surface area contributed by atoms with Gasteiger partial charge in [0, 0.05) is 35.8 Å². The highest BCUT2D eigenvalue weighted by Crippen LogP contribution is 2.18. The normalized spacial score (nSPS) is 10.8. The Morgan fingerprint density at radius 1 is 1.17 bits per heavy atom. The smallest absolute Gasteiger partial charge is 0.225 e. The van der Waals surface area contributed by atoms with E-state index in [1.807, 2.05) is 18.2 Å². The van der Waals surface area contributed by atoms with Gasteiger partial charge < -0.3 is 10.4 Å². The number of phenols is 1. The molecule has 0 saturated heterocycles. The van der Waals surface area contributed by atoms with Crippen LogP contribution < -0.4 is 5.32 Å². The third-order valence-electron chi connectivity index (χ3n) is 3.69. The van der Waals surface area contributed by atoms with E-state index in [1.54, 1.807) is 30.3 Å². The zero-order valence-corrected chi connectivity index (χ0v) is 14.6. The number of carbonyl (C=O) groups is 1. The summed E-state index contributed by atoms with van der Waals surface area (Å²) < 4.78 is 0. The number of aromatic hydroxyl groups is 1. The highest BCUT2D eigenvalue weighted by atomic mass is 35.5. The summed E-state index contributed by atoms with van der Waals surface area (Å²) in [7, 11) is 0. The first-order valence-electron chi connectivity index (χ1n) is 8.13. The summed E-state index contributed by atoms with van der Waals surface area (Å²) in [5.41, 5.74) is 1.58. The Morgan fingerprint density at radius 2 is 1.96 bits per heavy atom. The summed E-state index contributed by atoms with van der Waals surface area (Å²) in [5, 5.41) is 13.4. The molecule has 0 saturated carbocycles. The number of halogens is 1. The Labute approximate surface area is 148 Å². The fourth-order valence-electron chi connectivity index (χ4n) is 2.52. The van der Waals surface area contributed by atoms with E-state index in [2.05, 4.69) is 17.1 Å². The first-order valence-corrected chi connectivity index (χ1v) is 8.51. The van der Waals surface area contributed by atoms with Crippen LogP contribution in [0.1, 0.15) is 25.3 Å². The second-order valence-corrected chi connectivity index (χ2v) is 6.15. The van der Waals surface area contributed by atoms with Gasteiger partial charge >= 0.3 is 0 Å². The topological polar surface area (TPSA) is 52.6 Å². The molecule has 0 atom stereocenters. The molecule has 0 aliphatic carbocycles. The van der Waals surface area contributed by atoms with E-state index in [1.165, 1.54) is 0 Å². The summed E-state index contributed by atoms with van der Waals surface area (Å²) in [6, 6.07) is 14.4. The fourth-order valence-corrected chi connectivity index (χ4v) is 2.71. The number of benzene rings is 2. The summed E-state index contributed by atoms with van der Waals surface area (Å²) in [6.45, 7) is 4.24. The maximum Gasteiger partial charge on any atom is 0.225 e. The van der Waals surface area contributed by atoms with E-state index in [0.717, 1.165) is 18.5 Å². The van der Waals surface area contributed by atoms with Crippen LogP contribution in [-0.4, -0.2) is 29.0 Å². The summed E-state index contributed by atoms with van der Waals surface area (Å²) in [4.78, 5) is 14.3. The fraction of sp³-hybridized carbons (Fsp3) is 0.316. The van der Waals surface area contributed by atoms with Crippen LogP contribution in [0.25, 0.3) is 0 Å². The van der Waals surface area contributed by atoms with Gasteiger partial charge in [0.1, 0.15) is 5.75 Å². The lowest BCUT2D eigenvalue weighted by molar-refractivity contribution is -0.116. The predicted molar refractivity (Wildman–Crippen MR) is 98.4 cm³/mol. The van der Waals surface area contributed by atoms with Gasteiger partial charge in [-0.15, -0.1) is 0 Å². The molecule has 0 spiro atoms. The van der Waals surface area contributed by atoms with Crippen LogP contribution >= 0.6 is 11.6 Å². The predicted octanol–water partition coefficient (Wildman–Crippen LogP) is 4.29. The lowest BCUT2D eigenvalue weighted by Gasteiger charge is -2.22. The van der Waals surface area contributed by atoms with E-state index in [9.17, 15) is 9.90 Å². The van der Waals surface area contributed by atoms with Crippen LogP contribution in [0.2, 0.25) is 5.02 Å². The quantitative estimate of drug-likeness (QED) is 0.749. The molecular weight excluding hydrogens is 324 g/mol. The minimum atomic E-state index is -0.0457. The van der Waals surface area contributed by atoms with Gasteiger partial charge in [-0.05, 0) is 37.2 Å². The molecule has 0 radical (unpaired) electrons. The molecule has 24 heavy (non-hydrogen) atoms. The molecule has 0 fully saturated rings. The van der Waals surface area contributed by atoms with E-state index in [4.69, 9.17) is 11.6 Å². The van der Waals surface area contributed by atoms with Crippen molar-refractivity contribution < 1.29 is 9.90 Å². The molecule has 128 valence electrons. The Balaban J connectivity index is 1.88. The number of rotatable bonds is 8. The van der Waals surface area contributed by atoms with Gasteiger partial charge in [-0.2, -0.15) is 0 Å². The highest BCUT2D eigenvalue weighted by Gasteiger charge is 2.11.